The lowest BCUT2D eigenvalue weighted by Gasteiger charge is -2.37. The molecule has 33 heavy (non-hydrogen) atoms. The molecule has 2 aliphatic rings. The predicted octanol–water partition coefficient (Wildman–Crippen LogP) is 9.20. The van der Waals surface area contributed by atoms with Crippen LogP contribution in [0.3, 0.4) is 0 Å². The normalized spacial score (nSPS) is 25.8. The smallest absolute Gasteiger partial charge is 0.159 e. The molecule has 1 saturated heterocycles. The summed E-state index contributed by atoms with van der Waals surface area (Å²) in [6.07, 6.45) is 15.6. The van der Waals surface area contributed by atoms with Gasteiger partial charge in [-0.05, 0) is 72.3 Å². The molecule has 0 atom stereocenters. The van der Waals surface area contributed by atoms with Crippen LogP contribution in [0.1, 0.15) is 76.7 Å². The third-order valence-corrected chi connectivity index (χ3v) is 12.2. The van der Waals surface area contributed by atoms with Crippen molar-refractivity contribution >= 4 is 8.80 Å². The van der Waals surface area contributed by atoms with Gasteiger partial charge in [0.2, 0.25) is 0 Å². The second kappa shape index (κ2) is 12.3. The molecule has 0 unspecified atom stereocenters. The van der Waals surface area contributed by atoms with Crippen LogP contribution in [0.25, 0.3) is 11.1 Å². The standard InChI is InChI=1S/C30H42F2Si/c1-2-3-4-19-33-20-17-27(18-21-33)25-11-7-23(8-12-25)5-6-24-9-13-26(14-10-24)28-15-16-29(31)30(32)22-28/h9-10,13-16,22-23,25,27,33H,2-8,11-12,17-21H2,1H3/t23-,25-,27-,33-. The molecule has 0 N–H and O–H groups in total. The quantitative estimate of drug-likeness (QED) is 0.254. The first kappa shape index (κ1) is 24.6. The van der Waals surface area contributed by atoms with Crippen molar-refractivity contribution < 1.29 is 8.78 Å². The average Bonchev–Trinajstić information content (AvgIpc) is 2.86. The molecular weight excluding hydrogens is 426 g/mol. The number of rotatable bonds is 9. The second-order valence-corrected chi connectivity index (χ2v) is 14.4. The minimum Gasteiger partial charge on any atom is -0.204 e. The Morgan fingerprint density at radius 1 is 0.758 bits per heavy atom. The molecule has 0 bridgehead atoms. The van der Waals surface area contributed by atoms with Crippen LogP contribution < -0.4 is 0 Å². The van der Waals surface area contributed by atoms with Crippen molar-refractivity contribution in [3.05, 3.63) is 59.7 Å². The molecule has 180 valence electrons. The van der Waals surface area contributed by atoms with Gasteiger partial charge in [0.1, 0.15) is 0 Å². The summed E-state index contributed by atoms with van der Waals surface area (Å²) in [5.41, 5.74) is 3.03. The van der Waals surface area contributed by atoms with E-state index in [1.54, 1.807) is 37.0 Å². The second-order valence-electron chi connectivity index (χ2n) is 10.9. The number of benzene rings is 2. The molecule has 4 rings (SSSR count). The Hall–Kier alpha value is -1.48. The highest BCUT2D eigenvalue weighted by Gasteiger charge is 2.30. The molecule has 3 heteroatoms. The zero-order chi connectivity index (χ0) is 23.0. The monoisotopic (exact) mass is 468 g/mol. The van der Waals surface area contributed by atoms with Crippen LogP contribution >= 0.6 is 0 Å². The first-order chi connectivity index (χ1) is 16.1. The SMILES string of the molecule is CCCCC[Si@H]1CC[C@H]([C@H]2CC[C@H](CCc3ccc(-c4ccc(F)c(F)c4)cc3)CC2)CC1. The Kier molecular flexibility index (Phi) is 9.17. The highest BCUT2D eigenvalue weighted by molar-refractivity contribution is 6.58. The summed E-state index contributed by atoms with van der Waals surface area (Å²) in [6, 6.07) is 17.4. The summed E-state index contributed by atoms with van der Waals surface area (Å²) < 4.78 is 26.7. The van der Waals surface area contributed by atoms with E-state index in [2.05, 4.69) is 19.1 Å². The fourth-order valence-corrected chi connectivity index (χ4v) is 10.0. The average molecular weight is 469 g/mol. The van der Waals surface area contributed by atoms with Crippen molar-refractivity contribution in [3.8, 4) is 11.1 Å². The van der Waals surface area contributed by atoms with Gasteiger partial charge in [0.15, 0.2) is 11.6 Å². The van der Waals surface area contributed by atoms with Crippen LogP contribution in [0.5, 0.6) is 0 Å². The molecule has 0 amide bonds. The van der Waals surface area contributed by atoms with E-state index in [4.69, 9.17) is 0 Å². The number of halogens is 2. The van der Waals surface area contributed by atoms with Gasteiger partial charge in [0, 0.05) is 8.80 Å². The van der Waals surface area contributed by atoms with Gasteiger partial charge in [-0.15, -0.1) is 0 Å². The van der Waals surface area contributed by atoms with Crippen LogP contribution in [-0.4, -0.2) is 8.80 Å². The van der Waals surface area contributed by atoms with Crippen LogP contribution in [0, 0.1) is 29.4 Å². The molecule has 0 aromatic heterocycles. The molecule has 0 radical (unpaired) electrons. The van der Waals surface area contributed by atoms with Gasteiger partial charge in [0.25, 0.3) is 0 Å². The molecule has 0 nitrogen and oxygen atoms in total. The molecule has 1 aliphatic heterocycles. The van der Waals surface area contributed by atoms with Gasteiger partial charge < -0.3 is 0 Å². The Labute approximate surface area is 201 Å². The van der Waals surface area contributed by atoms with Gasteiger partial charge in [-0.25, -0.2) is 8.78 Å². The van der Waals surface area contributed by atoms with E-state index in [-0.39, 0.29) is 8.80 Å². The lowest BCUT2D eigenvalue weighted by molar-refractivity contribution is 0.186. The third-order valence-electron chi connectivity index (χ3n) is 8.71. The summed E-state index contributed by atoms with van der Waals surface area (Å²) in [5, 5.41) is 0. The van der Waals surface area contributed by atoms with E-state index in [9.17, 15) is 8.78 Å². The molecule has 1 aliphatic carbocycles. The highest BCUT2D eigenvalue weighted by Crippen LogP contribution is 2.42. The fourth-order valence-electron chi connectivity index (χ4n) is 6.49. The van der Waals surface area contributed by atoms with Crippen LogP contribution in [0.15, 0.2) is 42.5 Å². The molecular formula is C30H42F2Si. The maximum Gasteiger partial charge on any atom is 0.159 e. The maximum absolute atomic E-state index is 13.5. The van der Waals surface area contributed by atoms with E-state index in [1.807, 2.05) is 12.1 Å². The Morgan fingerprint density at radius 2 is 1.42 bits per heavy atom. The van der Waals surface area contributed by atoms with Gasteiger partial charge in [-0.1, -0.05) is 100 Å². The van der Waals surface area contributed by atoms with Crippen molar-refractivity contribution in [2.24, 2.45) is 17.8 Å². The van der Waals surface area contributed by atoms with E-state index in [0.29, 0.717) is 0 Å². The number of aryl methyl sites for hydroxylation is 1. The first-order valence-corrected chi connectivity index (χ1v) is 16.1. The summed E-state index contributed by atoms with van der Waals surface area (Å²) in [4.78, 5) is 0. The number of hydrogen-bond donors (Lipinski definition) is 0. The van der Waals surface area contributed by atoms with Gasteiger partial charge >= 0.3 is 0 Å². The van der Waals surface area contributed by atoms with Crippen LogP contribution in [0.2, 0.25) is 18.1 Å². The third kappa shape index (κ3) is 7.01. The van der Waals surface area contributed by atoms with Crippen molar-refractivity contribution in [2.75, 3.05) is 0 Å². The summed E-state index contributed by atoms with van der Waals surface area (Å²) in [5.74, 6) is 1.37. The zero-order valence-electron chi connectivity index (χ0n) is 20.5. The van der Waals surface area contributed by atoms with Crippen molar-refractivity contribution in [2.45, 2.75) is 95.7 Å². The molecule has 1 saturated carbocycles. The van der Waals surface area contributed by atoms with E-state index < -0.39 is 11.6 Å². The molecule has 2 aromatic rings. The molecule has 1 heterocycles. The summed E-state index contributed by atoms with van der Waals surface area (Å²) in [6.45, 7) is 2.32. The fraction of sp³-hybridized carbons (Fsp3) is 0.600. The Bertz CT molecular complexity index is 846. The van der Waals surface area contributed by atoms with E-state index >= 15 is 0 Å². The lowest BCUT2D eigenvalue weighted by Crippen LogP contribution is -2.28. The highest BCUT2D eigenvalue weighted by atomic mass is 28.3. The number of hydrogen-bond acceptors (Lipinski definition) is 0. The van der Waals surface area contributed by atoms with E-state index in [1.165, 1.54) is 69.1 Å². The Morgan fingerprint density at radius 3 is 2.09 bits per heavy atom. The van der Waals surface area contributed by atoms with Crippen molar-refractivity contribution in [1.82, 2.24) is 0 Å². The zero-order valence-corrected chi connectivity index (χ0v) is 21.7. The first-order valence-electron chi connectivity index (χ1n) is 13.7. The molecule has 2 aromatic carbocycles. The van der Waals surface area contributed by atoms with Crippen LogP contribution in [0.4, 0.5) is 8.78 Å². The largest absolute Gasteiger partial charge is 0.204 e. The Balaban J connectivity index is 1.17. The van der Waals surface area contributed by atoms with Gasteiger partial charge in [0.05, 0.1) is 0 Å². The van der Waals surface area contributed by atoms with Crippen LogP contribution in [-0.2, 0) is 6.42 Å². The summed E-state index contributed by atoms with van der Waals surface area (Å²) >= 11 is 0. The van der Waals surface area contributed by atoms with Gasteiger partial charge in [-0.2, -0.15) is 0 Å². The van der Waals surface area contributed by atoms with Crippen molar-refractivity contribution in [1.29, 1.82) is 0 Å². The minimum absolute atomic E-state index is 0.373. The van der Waals surface area contributed by atoms with Gasteiger partial charge in [-0.3, -0.25) is 0 Å². The predicted molar refractivity (Wildman–Crippen MR) is 139 cm³/mol. The lowest BCUT2D eigenvalue weighted by atomic mass is 9.73. The summed E-state index contributed by atoms with van der Waals surface area (Å²) in [7, 11) is -0.373. The topological polar surface area (TPSA) is 0 Å². The van der Waals surface area contributed by atoms with Crippen molar-refractivity contribution in [3.63, 3.8) is 0 Å². The van der Waals surface area contributed by atoms with E-state index in [0.717, 1.165) is 35.3 Å². The maximum atomic E-state index is 13.5. The molecule has 2 fully saturated rings. The molecule has 0 spiro atoms. The minimum atomic E-state index is -0.790. The number of unbranched alkanes of at least 4 members (excludes halogenated alkanes) is 2.